The van der Waals surface area contributed by atoms with Gasteiger partial charge in [0.15, 0.2) is 0 Å². The number of aryl methyl sites for hydroxylation is 1. The Morgan fingerprint density at radius 2 is 2.14 bits per heavy atom. The molecule has 0 aromatic carbocycles. The molecule has 5 nitrogen and oxygen atoms in total. The van der Waals surface area contributed by atoms with Gasteiger partial charge in [-0.2, -0.15) is 0 Å². The second-order valence-electron chi connectivity index (χ2n) is 6.12. The molecular weight excluding hydrogens is 308 g/mol. The number of thiophene rings is 1. The van der Waals surface area contributed by atoms with Gasteiger partial charge < -0.3 is 10.1 Å². The van der Waals surface area contributed by atoms with E-state index in [-0.39, 0.29) is 17.6 Å². The van der Waals surface area contributed by atoms with Crippen LogP contribution < -0.4 is 10.0 Å². The smallest absolute Gasteiger partial charge is 0.241 e. The molecule has 1 saturated carbocycles. The molecule has 0 spiro atoms. The molecule has 1 aromatic rings. The van der Waals surface area contributed by atoms with E-state index in [2.05, 4.69) is 10.0 Å². The zero-order chi connectivity index (χ0) is 15.8. The minimum absolute atomic E-state index is 0.0838. The summed E-state index contributed by atoms with van der Waals surface area (Å²) in [4.78, 5) is 2.25. The topological polar surface area (TPSA) is 67.4 Å². The standard InChI is InChI=1S/C14H24N2O3S2/c1-9-11(6-10(20-9)8-15-4)21(17,18)16-12-7-13(19-5)14(12,2)3/h6,12-13,15-16H,7-8H2,1-5H3. The van der Waals surface area contributed by atoms with E-state index < -0.39 is 10.0 Å². The quantitative estimate of drug-likeness (QED) is 0.834. The van der Waals surface area contributed by atoms with E-state index in [9.17, 15) is 8.42 Å². The Kier molecular flexibility index (Phi) is 4.80. The van der Waals surface area contributed by atoms with Gasteiger partial charge in [-0.25, -0.2) is 13.1 Å². The number of hydrogen-bond donors (Lipinski definition) is 2. The highest BCUT2D eigenvalue weighted by Crippen LogP contribution is 2.43. The fourth-order valence-electron chi connectivity index (χ4n) is 2.79. The Labute approximate surface area is 131 Å². The summed E-state index contributed by atoms with van der Waals surface area (Å²) < 4.78 is 33.4. The van der Waals surface area contributed by atoms with Gasteiger partial charge in [-0.15, -0.1) is 11.3 Å². The SMILES string of the molecule is CNCc1cc(S(=O)(=O)NC2CC(OC)C2(C)C)c(C)s1. The first-order chi connectivity index (χ1) is 9.72. The van der Waals surface area contributed by atoms with Crippen LogP contribution in [-0.2, 0) is 21.3 Å². The minimum atomic E-state index is -3.47. The number of ether oxygens (including phenoxy) is 1. The second-order valence-corrected chi connectivity index (χ2v) is 9.14. The van der Waals surface area contributed by atoms with Crippen LogP contribution in [0.2, 0.25) is 0 Å². The Morgan fingerprint density at radius 1 is 1.48 bits per heavy atom. The highest BCUT2D eigenvalue weighted by atomic mass is 32.2. The summed E-state index contributed by atoms with van der Waals surface area (Å²) in [6.07, 6.45) is 0.823. The molecule has 0 radical (unpaired) electrons. The Morgan fingerprint density at radius 3 is 2.67 bits per heavy atom. The zero-order valence-corrected chi connectivity index (χ0v) is 14.8. The van der Waals surface area contributed by atoms with Crippen LogP contribution in [0.5, 0.6) is 0 Å². The zero-order valence-electron chi connectivity index (χ0n) is 13.2. The molecule has 1 aromatic heterocycles. The van der Waals surface area contributed by atoms with E-state index in [1.807, 2.05) is 27.8 Å². The molecule has 2 unspecified atom stereocenters. The summed E-state index contributed by atoms with van der Waals surface area (Å²) in [5.41, 5.74) is -0.181. The fraction of sp³-hybridized carbons (Fsp3) is 0.714. The maximum atomic E-state index is 12.6. The van der Waals surface area contributed by atoms with Crippen molar-refractivity contribution < 1.29 is 13.2 Å². The molecule has 2 N–H and O–H groups in total. The van der Waals surface area contributed by atoms with E-state index in [0.717, 1.165) is 16.2 Å². The van der Waals surface area contributed by atoms with Crippen LogP contribution in [0.25, 0.3) is 0 Å². The van der Waals surface area contributed by atoms with E-state index in [0.29, 0.717) is 11.4 Å². The molecule has 1 heterocycles. The number of nitrogens with one attached hydrogen (secondary N) is 2. The maximum absolute atomic E-state index is 12.6. The van der Waals surface area contributed by atoms with Crippen molar-refractivity contribution in [3.05, 3.63) is 15.8 Å². The molecule has 1 aliphatic carbocycles. The lowest BCUT2D eigenvalue weighted by Crippen LogP contribution is -2.61. The molecule has 1 aliphatic rings. The van der Waals surface area contributed by atoms with Crippen molar-refractivity contribution in [1.82, 2.24) is 10.0 Å². The third-order valence-electron chi connectivity index (χ3n) is 4.32. The van der Waals surface area contributed by atoms with Gasteiger partial charge >= 0.3 is 0 Å². The van der Waals surface area contributed by atoms with Crippen LogP contribution >= 0.6 is 11.3 Å². The predicted molar refractivity (Wildman–Crippen MR) is 85.1 cm³/mol. The summed E-state index contributed by atoms with van der Waals surface area (Å²) in [6.45, 7) is 6.60. The van der Waals surface area contributed by atoms with E-state index >= 15 is 0 Å². The summed E-state index contributed by atoms with van der Waals surface area (Å²) in [7, 11) is 0.0471. The van der Waals surface area contributed by atoms with Gasteiger partial charge in [0.1, 0.15) is 0 Å². The predicted octanol–water partition coefficient (Wildman–Crippen LogP) is 1.87. The van der Waals surface area contributed by atoms with Gasteiger partial charge in [0, 0.05) is 34.9 Å². The van der Waals surface area contributed by atoms with Crippen LogP contribution in [0.4, 0.5) is 0 Å². The van der Waals surface area contributed by atoms with Crippen molar-refractivity contribution in [3.8, 4) is 0 Å². The maximum Gasteiger partial charge on any atom is 0.241 e. The fourth-order valence-corrected chi connectivity index (χ4v) is 5.84. The summed E-state index contributed by atoms with van der Waals surface area (Å²) in [5.74, 6) is 0. The van der Waals surface area contributed by atoms with E-state index in [1.165, 1.54) is 11.3 Å². The Bertz CT molecular complexity index is 608. The minimum Gasteiger partial charge on any atom is -0.381 e. The number of hydrogen-bond acceptors (Lipinski definition) is 5. The van der Waals surface area contributed by atoms with Crippen LogP contribution in [0, 0.1) is 12.3 Å². The largest absolute Gasteiger partial charge is 0.381 e. The van der Waals surface area contributed by atoms with Crippen molar-refractivity contribution in [3.63, 3.8) is 0 Å². The van der Waals surface area contributed by atoms with Crippen molar-refractivity contribution in [2.45, 2.75) is 50.8 Å². The van der Waals surface area contributed by atoms with E-state index in [4.69, 9.17) is 4.74 Å². The van der Waals surface area contributed by atoms with Gasteiger partial charge in [-0.3, -0.25) is 0 Å². The lowest BCUT2D eigenvalue weighted by Gasteiger charge is -2.50. The highest BCUT2D eigenvalue weighted by molar-refractivity contribution is 7.89. The van der Waals surface area contributed by atoms with Crippen LogP contribution in [0.1, 0.15) is 30.0 Å². The molecule has 21 heavy (non-hydrogen) atoms. The normalized spacial score (nSPS) is 24.8. The molecule has 2 atom stereocenters. The molecule has 0 bridgehead atoms. The average molecular weight is 332 g/mol. The summed E-state index contributed by atoms with van der Waals surface area (Å²) in [6, 6.07) is 1.68. The van der Waals surface area contributed by atoms with Crippen LogP contribution in [0.15, 0.2) is 11.0 Å². The van der Waals surface area contributed by atoms with Crippen LogP contribution in [-0.4, -0.2) is 34.7 Å². The third-order valence-corrected chi connectivity index (χ3v) is 7.10. The van der Waals surface area contributed by atoms with Crippen LogP contribution in [0.3, 0.4) is 0 Å². The molecule has 1 fully saturated rings. The lowest BCUT2D eigenvalue weighted by molar-refractivity contribution is -0.0908. The van der Waals surface area contributed by atoms with Gasteiger partial charge in [0.2, 0.25) is 10.0 Å². The van der Waals surface area contributed by atoms with E-state index in [1.54, 1.807) is 13.2 Å². The molecule has 7 heteroatoms. The molecule has 120 valence electrons. The van der Waals surface area contributed by atoms with Crippen molar-refractivity contribution >= 4 is 21.4 Å². The van der Waals surface area contributed by atoms with Crippen molar-refractivity contribution in [1.29, 1.82) is 0 Å². The molecule has 2 rings (SSSR count). The first-order valence-corrected chi connectivity index (χ1v) is 9.31. The first kappa shape index (κ1) is 16.9. The van der Waals surface area contributed by atoms with Crippen molar-refractivity contribution in [2.75, 3.05) is 14.2 Å². The first-order valence-electron chi connectivity index (χ1n) is 7.01. The lowest BCUT2D eigenvalue weighted by atomic mass is 9.65. The molecular formula is C14H24N2O3S2. The van der Waals surface area contributed by atoms with Gasteiger partial charge in [0.05, 0.1) is 11.0 Å². The number of sulfonamides is 1. The van der Waals surface area contributed by atoms with Gasteiger partial charge in [-0.05, 0) is 26.5 Å². The molecule has 0 amide bonds. The third kappa shape index (κ3) is 3.17. The molecule has 0 saturated heterocycles. The van der Waals surface area contributed by atoms with Gasteiger partial charge in [-0.1, -0.05) is 13.8 Å². The average Bonchev–Trinajstić information content (AvgIpc) is 2.76. The second kappa shape index (κ2) is 5.96. The van der Waals surface area contributed by atoms with Crippen molar-refractivity contribution in [2.24, 2.45) is 5.41 Å². The summed E-state index contributed by atoms with van der Waals surface area (Å²) in [5, 5.41) is 3.04. The summed E-state index contributed by atoms with van der Waals surface area (Å²) >= 11 is 1.52. The Balaban J connectivity index is 2.16. The monoisotopic (exact) mass is 332 g/mol. The highest BCUT2D eigenvalue weighted by Gasteiger charge is 2.50. The number of methoxy groups -OCH3 is 1. The molecule has 0 aliphatic heterocycles. The van der Waals surface area contributed by atoms with Gasteiger partial charge in [0.25, 0.3) is 0 Å². The Hall–Kier alpha value is -0.470. The number of rotatable bonds is 6.